The van der Waals surface area contributed by atoms with E-state index in [1.165, 1.54) is 0 Å². The van der Waals surface area contributed by atoms with Crippen LogP contribution in [-0.4, -0.2) is 47.7 Å². The van der Waals surface area contributed by atoms with Gasteiger partial charge < -0.3 is 14.7 Å². The lowest BCUT2D eigenvalue weighted by Gasteiger charge is -2.34. The topological polar surface area (TPSA) is 66.8 Å². The third-order valence-corrected chi connectivity index (χ3v) is 2.27. The predicted octanol–water partition coefficient (Wildman–Crippen LogP) is 0.344. The lowest BCUT2D eigenvalue weighted by atomic mass is 9.94. The maximum atomic E-state index is 11.9. The van der Waals surface area contributed by atoms with Crippen molar-refractivity contribution in [3.05, 3.63) is 0 Å². The molecule has 0 spiro atoms. The summed E-state index contributed by atoms with van der Waals surface area (Å²) in [6, 6.07) is 0. The molecule has 0 aromatic heterocycles. The lowest BCUT2D eigenvalue weighted by Crippen LogP contribution is -2.51. The molecule has 1 heterocycles. The number of rotatable bonds is 1. The number of hydrogen-bond donors (Lipinski definition) is 1. The van der Waals surface area contributed by atoms with E-state index < -0.39 is 17.5 Å². The molecule has 1 fully saturated rings. The third-order valence-electron chi connectivity index (χ3n) is 2.27. The maximum Gasteiger partial charge on any atom is 0.334 e. The van der Waals surface area contributed by atoms with Crippen LogP contribution in [0, 0.1) is 5.41 Å². The minimum absolute atomic E-state index is 0.0305. The summed E-state index contributed by atoms with van der Waals surface area (Å²) in [5.74, 6) is -1.04. The quantitative estimate of drug-likeness (QED) is 0.685. The highest BCUT2D eigenvalue weighted by molar-refractivity contribution is 5.82. The molecule has 1 amide bonds. The van der Waals surface area contributed by atoms with Gasteiger partial charge in [0.25, 0.3) is 0 Å². The Morgan fingerprint density at radius 3 is 2.47 bits per heavy atom. The number of nitrogens with zero attached hydrogens (tertiary/aromatic N) is 1. The Balaban J connectivity index is 2.64. The van der Waals surface area contributed by atoms with Crippen LogP contribution >= 0.6 is 0 Å². The fraction of sp³-hybridized carbons (Fsp3) is 0.800. The number of carboxylic acids is 1. The van der Waals surface area contributed by atoms with Crippen LogP contribution in [0.1, 0.15) is 20.8 Å². The zero-order chi connectivity index (χ0) is 11.6. The first-order valence-corrected chi connectivity index (χ1v) is 4.96. The summed E-state index contributed by atoms with van der Waals surface area (Å²) < 4.78 is 5.04. The molecule has 5 nitrogen and oxygen atoms in total. The molecule has 1 atom stereocenters. The van der Waals surface area contributed by atoms with Gasteiger partial charge in [-0.15, -0.1) is 0 Å². The first kappa shape index (κ1) is 12.0. The molecule has 1 saturated heterocycles. The van der Waals surface area contributed by atoms with Crippen LogP contribution in [0.15, 0.2) is 0 Å². The van der Waals surface area contributed by atoms with Gasteiger partial charge in [0.15, 0.2) is 6.10 Å². The van der Waals surface area contributed by atoms with Crippen LogP contribution in [0.3, 0.4) is 0 Å². The van der Waals surface area contributed by atoms with E-state index in [4.69, 9.17) is 9.84 Å². The van der Waals surface area contributed by atoms with Crippen molar-refractivity contribution in [2.24, 2.45) is 5.41 Å². The average molecular weight is 215 g/mol. The maximum absolute atomic E-state index is 11.9. The Hall–Kier alpha value is -1.10. The summed E-state index contributed by atoms with van der Waals surface area (Å²) in [7, 11) is 0. The normalized spacial score (nSPS) is 22.6. The van der Waals surface area contributed by atoms with Gasteiger partial charge in [0.2, 0.25) is 5.91 Å². The van der Waals surface area contributed by atoms with E-state index in [1.807, 2.05) is 20.8 Å². The Bertz CT molecular complexity index is 269. The SMILES string of the molecule is CC(C)(C)C(=O)N1CCO[C@H](C(=O)O)C1. The number of amides is 1. The molecule has 0 aromatic rings. The van der Waals surface area contributed by atoms with Crippen LogP contribution < -0.4 is 0 Å². The highest BCUT2D eigenvalue weighted by Gasteiger charge is 2.33. The van der Waals surface area contributed by atoms with E-state index in [9.17, 15) is 9.59 Å². The second-order valence-corrected chi connectivity index (χ2v) is 4.70. The average Bonchev–Trinajstić information content (AvgIpc) is 2.15. The van der Waals surface area contributed by atoms with Crippen molar-refractivity contribution < 1.29 is 19.4 Å². The molecule has 0 aliphatic carbocycles. The van der Waals surface area contributed by atoms with Crippen LogP contribution in [0.2, 0.25) is 0 Å². The smallest absolute Gasteiger partial charge is 0.334 e. The van der Waals surface area contributed by atoms with Crippen LogP contribution in [0.25, 0.3) is 0 Å². The second-order valence-electron chi connectivity index (χ2n) is 4.70. The van der Waals surface area contributed by atoms with Crippen molar-refractivity contribution in [1.82, 2.24) is 4.90 Å². The van der Waals surface area contributed by atoms with Gasteiger partial charge >= 0.3 is 5.97 Å². The second kappa shape index (κ2) is 4.18. The van der Waals surface area contributed by atoms with Gasteiger partial charge in [0, 0.05) is 12.0 Å². The molecule has 1 rings (SSSR count). The number of ether oxygens (including phenoxy) is 1. The van der Waals surface area contributed by atoms with Crippen molar-refractivity contribution in [2.75, 3.05) is 19.7 Å². The minimum atomic E-state index is -1.01. The lowest BCUT2D eigenvalue weighted by molar-refractivity contribution is -0.161. The van der Waals surface area contributed by atoms with E-state index in [0.717, 1.165) is 0 Å². The monoisotopic (exact) mass is 215 g/mol. The summed E-state index contributed by atoms with van der Waals surface area (Å²) in [5.41, 5.74) is -0.472. The Morgan fingerprint density at radius 1 is 1.40 bits per heavy atom. The van der Waals surface area contributed by atoms with Crippen molar-refractivity contribution >= 4 is 11.9 Å². The molecule has 1 aliphatic rings. The largest absolute Gasteiger partial charge is 0.479 e. The molecule has 0 bridgehead atoms. The molecule has 15 heavy (non-hydrogen) atoms. The highest BCUT2D eigenvalue weighted by Crippen LogP contribution is 2.19. The summed E-state index contributed by atoms with van der Waals surface area (Å²) in [5, 5.41) is 8.78. The van der Waals surface area contributed by atoms with Crippen LogP contribution in [-0.2, 0) is 14.3 Å². The number of carboxylic acid groups (broad SMARTS) is 1. The number of carbonyl (C=O) groups excluding carboxylic acids is 1. The fourth-order valence-electron chi connectivity index (χ4n) is 1.46. The Morgan fingerprint density at radius 2 is 2.00 bits per heavy atom. The third kappa shape index (κ3) is 2.92. The molecule has 0 unspecified atom stereocenters. The number of aliphatic carboxylic acids is 1. The summed E-state index contributed by atoms with van der Waals surface area (Å²) in [6.07, 6.45) is -0.884. The van der Waals surface area contributed by atoms with Gasteiger partial charge in [-0.1, -0.05) is 20.8 Å². The van der Waals surface area contributed by atoms with Gasteiger partial charge in [-0.05, 0) is 0 Å². The molecule has 1 aliphatic heterocycles. The van der Waals surface area contributed by atoms with Gasteiger partial charge in [0.05, 0.1) is 13.2 Å². The predicted molar refractivity (Wildman–Crippen MR) is 53.4 cm³/mol. The van der Waals surface area contributed by atoms with Crippen molar-refractivity contribution in [2.45, 2.75) is 26.9 Å². The molecule has 0 radical (unpaired) electrons. The number of hydrogen-bond acceptors (Lipinski definition) is 3. The zero-order valence-electron chi connectivity index (χ0n) is 9.32. The fourth-order valence-corrected chi connectivity index (χ4v) is 1.46. The van der Waals surface area contributed by atoms with Gasteiger partial charge in [-0.2, -0.15) is 0 Å². The number of carbonyl (C=O) groups is 2. The Kier molecular flexibility index (Phi) is 3.34. The summed E-state index contributed by atoms with van der Waals surface area (Å²) in [6.45, 7) is 6.37. The zero-order valence-corrected chi connectivity index (χ0v) is 9.32. The first-order valence-electron chi connectivity index (χ1n) is 4.96. The van der Waals surface area contributed by atoms with E-state index in [2.05, 4.69) is 0 Å². The van der Waals surface area contributed by atoms with Crippen molar-refractivity contribution in [1.29, 1.82) is 0 Å². The Labute approximate surface area is 89.0 Å². The first-order chi connectivity index (χ1) is 6.82. The molecule has 0 aromatic carbocycles. The molecule has 86 valence electrons. The highest BCUT2D eigenvalue weighted by atomic mass is 16.5. The van der Waals surface area contributed by atoms with Crippen LogP contribution in [0.4, 0.5) is 0 Å². The van der Waals surface area contributed by atoms with Gasteiger partial charge in [-0.25, -0.2) is 4.79 Å². The van der Waals surface area contributed by atoms with E-state index in [0.29, 0.717) is 13.2 Å². The number of morpholine rings is 1. The van der Waals surface area contributed by atoms with E-state index in [-0.39, 0.29) is 12.5 Å². The summed E-state index contributed by atoms with van der Waals surface area (Å²) in [4.78, 5) is 24.1. The van der Waals surface area contributed by atoms with Crippen LogP contribution in [0.5, 0.6) is 0 Å². The van der Waals surface area contributed by atoms with Gasteiger partial charge in [0.1, 0.15) is 0 Å². The van der Waals surface area contributed by atoms with Gasteiger partial charge in [-0.3, -0.25) is 4.79 Å². The molecular weight excluding hydrogens is 198 g/mol. The standard InChI is InChI=1S/C10H17NO4/c1-10(2,3)9(14)11-4-5-15-7(6-11)8(12)13/h7H,4-6H2,1-3H3,(H,12,13)/t7-/m0/s1. The van der Waals surface area contributed by atoms with Crippen molar-refractivity contribution in [3.63, 3.8) is 0 Å². The molecular formula is C10H17NO4. The van der Waals surface area contributed by atoms with E-state index in [1.54, 1.807) is 4.90 Å². The van der Waals surface area contributed by atoms with Crippen molar-refractivity contribution in [3.8, 4) is 0 Å². The van der Waals surface area contributed by atoms with E-state index >= 15 is 0 Å². The molecule has 0 saturated carbocycles. The molecule has 1 N–H and O–H groups in total. The molecule has 5 heteroatoms. The summed E-state index contributed by atoms with van der Waals surface area (Å²) >= 11 is 0. The minimum Gasteiger partial charge on any atom is -0.479 e.